The summed E-state index contributed by atoms with van der Waals surface area (Å²) in [6.45, 7) is 1.61. The second kappa shape index (κ2) is 7.94. The van der Waals surface area contributed by atoms with Crippen LogP contribution >= 0.6 is 35.6 Å². The summed E-state index contributed by atoms with van der Waals surface area (Å²) in [5, 5.41) is 10.9. The SMILES string of the molecule is CC(C(=O)Nc1cccc2nonc12)N1C(=O)C(=Cc2cccc(Cl)c2)SC1=S. The fraction of sp³-hybridized carbons (Fsp3) is 0.105. The van der Waals surface area contributed by atoms with Gasteiger partial charge in [0.25, 0.3) is 5.91 Å². The number of benzene rings is 2. The number of hydrogen-bond donors (Lipinski definition) is 1. The van der Waals surface area contributed by atoms with Crippen molar-refractivity contribution < 1.29 is 14.2 Å². The Bertz CT molecular complexity index is 1180. The summed E-state index contributed by atoms with van der Waals surface area (Å²) in [4.78, 5) is 27.4. The molecule has 1 aromatic heterocycles. The molecule has 1 unspecified atom stereocenters. The molecule has 1 atom stereocenters. The van der Waals surface area contributed by atoms with Gasteiger partial charge in [0.2, 0.25) is 5.91 Å². The molecule has 1 saturated heterocycles. The van der Waals surface area contributed by atoms with E-state index in [0.717, 1.165) is 17.3 Å². The predicted molar refractivity (Wildman–Crippen MR) is 116 cm³/mol. The van der Waals surface area contributed by atoms with Crippen LogP contribution in [0.3, 0.4) is 0 Å². The van der Waals surface area contributed by atoms with Gasteiger partial charge in [-0.3, -0.25) is 14.5 Å². The first-order valence-electron chi connectivity index (χ1n) is 8.49. The molecule has 4 rings (SSSR count). The smallest absolute Gasteiger partial charge is 0.266 e. The Hall–Kier alpha value is -2.75. The van der Waals surface area contributed by atoms with E-state index in [1.165, 1.54) is 4.90 Å². The maximum atomic E-state index is 12.9. The third-order valence-corrected chi connectivity index (χ3v) is 5.85. The second-order valence-electron chi connectivity index (χ2n) is 6.21. The third kappa shape index (κ3) is 3.89. The van der Waals surface area contributed by atoms with Crippen molar-refractivity contribution in [1.29, 1.82) is 0 Å². The Kier molecular flexibility index (Phi) is 5.35. The highest BCUT2D eigenvalue weighted by atomic mass is 35.5. The number of halogens is 1. The summed E-state index contributed by atoms with van der Waals surface area (Å²) < 4.78 is 5.02. The van der Waals surface area contributed by atoms with Crippen LogP contribution in [-0.2, 0) is 9.59 Å². The van der Waals surface area contributed by atoms with Crippen LogP contribution in [-0.4, -0.2) is 37.4 Å². The first kappa shape index (κ1) is 19.6. The van der Waals surface area contributed by atoms with E-state index in [1.807, 2.05) is 6.07 Å². The number of carbonyl (C=O) groups is 2. The summed E-state index contributed by atoms with van der Waals surface area (Å²) in [7, 11) is 0. The molecule has 7 nitrogen and oxygen atoms in total. The minimum atomic E-state index is -0.817. The van der Waals surface area contributed by atoms with Crippen molar-refractivity contribution in [2.75, 3.05) is 5.32 Å². The number of fused-ring (bicyclic) bond motifs is 1. The fourth-order valence-electron chi connectivity index (χ4n) is 2.82. The monoisotopic (exact) mass is 444 g/mol. The van der Waals surface area contributed by atoms with Gasteiger partial charge in [0, 0.05) is 5.02 Å². The number of thiocarbonyl (C=S) groups is 1. The lowest BCUT2D eigenvalue weighted by Crippen LogP contribution is -2.44. The van der Waals surface area contributed by atoms with Crippen LogP contribution in [0.5, 0.6) is 0 Å². The lowest BCUT2D eigenvalue weighted by Gasteiger charge is -2.22. The van der Waals surface area contributed by atoms with Gasteiger partial charge in [-0.05, 0) is 53.1 Å². The van der Waals surface area contributed by atoms with Crippen molar-refractivity contribution in [3.63, 3.8) is 0 Å². The van der Waals surface area contributed by atoms with Crippen molar-refractivity contribution in [3.05, 3.63) is 58.0 Å². The summed E-state index contributed by atoms with van der Waals surface area (Å²) in [5.41, 5.74) is 2.17. The van der Waals surface area contributed by atoms with Gasteiger partial charge in [0.05, 0.1) is 10.6 Å². The molecule has 1 N–H and O–H groups in total. The zero-order valence-electron chi connectivity index (χ0n) is 15.0. The molecule has 1 fully saturated rings. The van der Waals surface area contributed by atoms with E-state index in [-0.39, 0.29) is 5.91 Å². The summed E-state index contributed by atoms with van der Waals surface area (Å²) in [6.07, 6.45) is 1.71. The number of anilines is 1. The van der Waals surface area contributed by atoms with Crippen molar-refractivity contribution in [1.82, 2.24) is 15.2 Å². The van der Waals surface area contributed by atoms with Gasteiger partial charge in [-0.2, -0.15) is 0 Å². The molecule has 146 valence electrons. The van der Waals surface area contributed by atoms with E-state index in [2.05, 4.69) is 15.6 Å². The largest absolute Gasteiger partial charge is 0.322 e. The molecule has 2 aromatic carbocycles. The number of carbonyl (C=O) groups excluding carboxylic acids is 2. The third-order valence-electron chi connectivity index (χ3n) is 4.28. The van der Waals surface area contributed by atoms with Crippen LogP contribution in [0.1, 0.15) is 12.5 Å². The number of rotatable bonds is 4. The molecule has 0 aliphatic carbocycles. The highest BCUT2D eigenvalue weighted by molar-refractivity contribution is 8.26. The number of nitrogens with zero attached hydrogens (tertiary/aromatic N) is 3. The van der Waals surface area contributed by atoms with E-state index in [9.17, 15) is 9.59 Å². The standard InChI is InChI=1S/C19H13ClN4O3S2/c1-10(17(25)21-13-6-3-7-14-16(13)23-27-22-14)24-18(26)15(29-19(24)28)9-11-4-2-5-12(20)8-11/h2-10H,1H3,(H,21,25). The van der Waals surface area contributed by atoms with Gasteiger partial charge in [0.1, 0.15) is 15.9 Å². The average Bonchev–Trinajstić information content (AvgIpc) is 3.27. The molecule has 1 aliphatic heterocycles. The molecular weight excluding hydrogens is 432 g/mol. The maximum absolute atomic E-state index is 12.9. The molecule has 2 amide bonds. The number of amides is 2. The number of hydrogen-bond acceptors (Lipinski definition) is 7. The van der Waals surface area contributed by atoms with E-state index >= 15 is 0 Å². The minimum Gasteiger partial charge on any atom is -0.322 e. The van der Waals surface area contributed by atoms with E-state index < -0.39 is 11.9 Å². The highest BCUT2D eigenvalue weighted by Gasteiger charge is 2.38. The van der Waals surface area contributed by atoms with Gasteiger partial charge in [0.15, 0.2) is 5.52 Å². The van der Waals surface area contributed by atoms with E-state index in [0.29, 0.717) is 31.0 Å². The predicted octanol–water partition coefficient (Wildman–Crippen LogP) is 4.10. The zero-order valence-corrected chi connectivity index (χ0v) is 17.3. The number of thioether (sulfide) groups is 1. The van der Waals surface area contributed by atoms with E-state index in [4.69, 9.17) is 28.4 Å². The normalized spacial score (nSPS) is 16.6. The highest BCUT2D eigenvalue weighted by Crippen LogP contribution is 2.34. The minimum absolute atomic E-state index is 0.312. The first-order valence-corrected chi connectivity index (χ1v) is 10.1. The van der Waals surface area contributed by atoms with E-state index in [1.54, 1.807) is 49.4 Å². The molecular formula is C19H13ClN4O3S2. The van der Waals surface area contributed by atoms with Gasteiger partial charge in [-0.25, -0.2) is 4.63 Å². The fourth-order valence-corrected chi connectivity index (χ4v) is 4.44. The van der Waals surface area contributed by atoms with Gasteiger partial charge < -0.3 is 5.32 Å². The van der Waals surface area contributed by atoms with Crippen molar-refractivity contribution >= 4 is 74.5 Å². The van der Waals surface area contributed by atoms with Crippen LogP contribution < -0.4 is 5.32 Å². The van der Waals surface area contributed by atoms with Crippen molar-refractivity contribution in [3.8, 4) is 0 Å². The number of nitrogens with one attached hydrogen (secondary N) is 1. The quantitative estimate of drug-likeness (QED) is 0.478. The Labute approximate surface area is 180 Å². The second-order valence-corrected chi connectivity index (χ2v) is 8.32. The Balaban J connectivity index is 1.54. The molecule has 29 heavy (non-hydrogen) atoms. The lowest BCUT2D eigenvalue weighted by atomic mass is 10.2. The van der Waals surface area contributed by atoms with Gasteiger partial charge in [-0.15, -0.1) is 0 Å². The van der Waals surface area contributed by atoms with Crippen LogP contribution in [0.25, 0.3) is 17.1 Å². The Morgan fingerprint density at radius 3 is 2.90 bits per heavy atom. The molecule has 0 radical (unpaired) electrons. The van der Waals surface area contributed by atoms with Crippen LogP contribution in [0, 0.1) is 0 Å². The Morgan fingerprint density at radius 1 is 1.31 bits per heavy atom. The lowest BCUT2D eigenvalue weighted by molar-refractivity contribution is -0.129. The van der Waals surface area contributed by atoms with Crippen molar-refractivity contribution in [2.45, 2.75) is 13.0 Å². The molecule has 0 spiro atoms. The average molecular weight is 445 g/mol. The molecule has 2 heterocycles. The summed E-state index contributed by atoms with van der Waals surface area (Å²) in [5.74, 6) is -0.732. The molecule has 1 aliphatic rings. The molecule has 0 saturated carbocycles. The van der Waals surface area contributed by atoms with Gasteiger partial charge in [-0.1, -0.05) is 53.8 Å². The molecule has 3 aromatic rings. The summed E-state index contributed by atoms with van der Waals surface area (Å²) >= 11 is 12.5. The van der Waals surface area contributed by atoms with Gasteiger partial charge >= 0.3 is 0 Å². The van der Waals surface area contributed by atoms with Crippen LogP contribution in [0.2, 0.25) is 5.02 Å². The van der Waals surface area contributed by atoms with Crippen LogP contribution in [0.15, 0.2) is 52.0 Å². The Morgan fingerprint density at radius 2 is 2.10 bits per heavy atom. The van der Waals surface area contributed by atoms with Crippen molar-refractivity contribution in [2.24, 2.45) is 0 Å². The summed E-state index contributed by atoms with van der Waals surface area (Å²) in [6, 6.07) is 11.4. The topological polar surface area (TPSA) is 88.3 Å². The number of aromatic nitrogens is 2. The zero-order chi connectivity index (χ0) is 20.5. The molecule has 0 bridgehead atoms. The first-order chi connectivity index (χ1) is 13.9. The maximum Gasteiger partial charge on any atom is 0.266 e. The van der Waals surface area contributed by atoms with Crippen LogP contribution in [0.4, 0.5) is 5.69 Å². The molecule has 10 heteroatoms.